The number of unbranched alkanes of at least 4 members (excludes halogenated alkanes) is 1. The molecule has 0 heterocycles. The highest BCUT2D eigenvalue weighted by atomic mass is 14.7. The first-order valence-corrected chi connectivity index (χ1v) is 6.86. The van der Waals surface area contributed by atoms with Crippen LogP contribution in [0, 0.1) is 11.3 Å². The SMILES string of the molecule is CCCCC(N)C1(CC(C)C)CCCC1. The first-order chi connectivity index (χ1) is 7.10. The highest BCUT2D eigenvalue weighted by Gasteiger charge is 2.39. The lowest BCUT2D eigenvalue weighted by molar-refractivity contribution is 0.173. The van der Waals surface area contributed by atoms with Crippen molar-refractivity contribution in [3.05, 3.63) is 0 Å². The summed E-state index contributed by atoms with van der Waals surface area (Å²) in [5.74, 6) is 0.802. The lowest BCUT2D eigenvalue weighted by atomic mass is 9.71. The molecule has 0 amide bonds. The zero-order valence-electron chi connectivity index (χ0n) is 10.9. The van der Waals surface area contributed by atoms with Crippen molar-refractivity contribution in [1.82, 2.24) is 0 Å². The second kappa shape index (κ2) is 5.89. The molecule has 1 nitrogen and oxygen atoms in total. The summed E-state index contributed by atoms with van der Waals surface area (Å²) >= 11 is 0. The van der Waals surface area contributed by atoms with Gasteiger partial charge >= 0.3 is 0 Å². The van der Waals surface area contributed by atoms with E-state index in [2.05, 4.69) is 20.8 Å². The van der Waals surface area contributed by atoms with Gasteiger partial charge in [-0.2, -0.15) is 0 Å². The van der Waals surface area contributed by atoms with Crippen LogP contribution >= 0.6 is 0 Å². The summed E-state index contributed by atoms with van der Waals surface area (Å²) < 4.78 is 0. The molecule has 0 aromatic rings. The fraction of sp³-hybridized carbons (Fsp3) is 1.00. The van der Waals surface area contributed by atoms with E-state index in [1.165, 1.54) is 51.4 Å². The Morgan fingerprint density at radius 2 is 1.80 bits per heavy atom. The van der Waals surface area contributed by atoms with Crippen LogP contribution in [-0.2, 0) is 0 Å². The van der Waals surface area contributed by atoms with E-state index in [1.807, 2.05) is 0 Å². The average Bonchev–Trinajstić information content (AvgIpc) is 2.62. The van der Waals surface area contributed by atoms with Gasteiger partial charge in [-0.25, -0.2) is 0 Å². The second-order valence-corrected chi connectivity index (χ2v) is 5.92. The molecular weight excluding hydrogens is 182 g/mol. The van der Waals surface area contributed by atoms with Gasteiger partial charge < -0.3 is 5.73 Å². The summed E-state index contributed by atoms with van der Waals surface area (Å²) in [4.78, 5) is 0. The van der Waals surface area contributed by atoms with Crippen LogP contribution in [0.15, 0.2) is 0 Å². The summed E-state index contributed by atoms with van der Waals surface area (Å²) in [5, 5.41) is 0. The smallest absolute Gasteiger partial charge is 0.00956 e. The Kier molecular flexibility index (Phi) is 5.11. The molecule has 0 radical (unpaired) electrons. The number of hydrogen-bond acceptors (Lipinski definition) is 1. The van der Waals surface area contributed by atoms with Crippen LogP contribution in [0.25, 0.3) is 0 Å². The molecule has 0 bridgehead atoms. The van der Waals surface area contributed by atoms with Crippen molar-refractivity contribution < 1.29 is 0 Å². The summed E-state index contributed by atoms with van der Waals surface area (Å²) in [7, 11) is 0. The molecule has 2 N–H and O–H groups in total. The minimum absolute atomic E-state index is 0.461. The topological polar surface area (TPSA) is 26.0 Å². The summed E-state index contributed by atoms with van der Waals surface area (Å²) in [6.07, 6.45) is 10.8. The van der Waals surface area contributed by atoms with E-state index in [-0.39, 0.29) is 0 Å². The Hall–Kier alpha value is -0.0400. The van der Waals surface area contributed by atoms with E-state index in [0.717, 1.165) is 5.92 Å². The third kappa shape index (κ3) is 3.48. The lowest BCUT2D eigenvalue weighted by Gasteiger charge is -2.37. The third-order valence-corrected chi connectivity index (χ3v) is 4.07. The van der Waals surface area contributed by atoms with Crippen LogP contribution in [0.2, 0.25) is 0 Å². The average molecular weight is 211 g/mol. The first kappa shape index (κ1) is 13.0. The molecule has 1 atom stereocenters. The van der Waals surface area contributed by atoms with Crippen molar-refractivity contribution in [1.29, 1.82) is 0 Å². The molecule has 1 saturated carbocycles. The molecule has 1 fully saturated rings. The molecule has 0 aromatic carbocycles. The lowest BCUT2D eigenvalue weighted by Crippen LogP contribution is -2.40. The molecule has 1 heteroatoms. The predicted molar refractivity (Wildman–Crippen MR) is 67.9 cm³/mol. The molecule has 0 saturated heterocycles. The van der Waals surface area contributed by atoms with Gasteiger partial charge in [-0.3, -0.25) is 0 Å². The van der Waals surface area contributed by atoms with Gasteiger partial charge in [-0.15, -0.1) is 0 Å². The Balaban J connectivity index is 2.55. The zero-order chi connectivity index (χ0) is 11.3. The quantitative estimate of drug-likeness (QED) is 0.703. The normalized spacial score (nSPS) is 22.2. The van der Waals surface area contributed by atoms with Crippen LogP contribution in [0.3, 0.4) is 0 Å². The van der Waals surface area contributed by atoms with Crippen LogP contribution < -0.4 is 5.73 Å². The number of rotatable bonds is 6. The van der Waals surface area contributed by atoms with E-state index >= 15 is 0 Å². The molecule has 0 spiro atoms. The van der Waals surface area contributed by atoms with E-state index in [4.69, 9.17) is 5.73 Å². The Bertz CT molecular complexity index is 168. The summed E-state index contributed by atoms with van der Waals surface area (Å²) in [6.45, 7) is 6.94. The fourth-order valence-corrected chi connectivity index (χ4v) is 3.35. The highest BCUT2D eigenvalue weighted by Crippen LogP contribution is 2.46. The maximum absolute atomic E-state index is 6.45. The van der Waals surface area contributed by atoms with Gasteiger partial charge in [-0.1, -0.05) is 46.5 Å². The molecule has 15 heavy (non-hydrogen) atoms. The van der Waals surface area contributed by atoms with Gasteiger partial charge in [0.2, 0.25) is 0 Å². The third-order valence-electron chi connectivity index (χ3n) is 4.07. The Labute approximate surface area is 95.8 Å². The maximum atomic E-state index is 6.45. The second-order valence-electron chi connectivity index (χ2n) is 5.92. The zero-order valence-corrected chi connectivity index (χ0v) is 10.9. The van der Waals surface area contributed by atoms with Crippen molar-refractivity contribution >= 4 is 0 Å². The van der Waals surface area contributed by atoms with Crippen molar-refractivity contribution in [3.63, 3.8) is 0 Å². The molecule has 90 valence electrons. The van der Waals surface area contributed by atoms with E-state index in [1.54, 1.807) is 0 Å². The van der Waals surface area contributed by atoms with Gasteiger partial charge in [0.05, 0.1) is 0 Å². The van der Waals surface area contributed by atoms with E-state index in [0.29, 0.717) is 11.5 Å². The largest absolute Gasteiger partial charge is 0.327 e. The molecule has 0 aliphatic heterocycles. The fourth-order valence-electron chi connectivity index (χ4n) is 3.35. The van der Waals surface area contributed by atoms with E-state index < -0.39 is 0 Å². The van der Waals surface area contributed by atoms with Gasteiger partial charge in [0.1, 0.15) is 0 Å². The predicted octanol–water partition coefficient (Wildman–Crippen LogP) is 4.11. The van der Waals surface area contributed by atoms with Crippen LogP contribution in [0.5, 0.6) is 0 Å². The van der Waals surface area contributed by atoms with Gasteiger partial charge in [-0.05, 0) is 37.0 Å². The minimum atomic E-state index is 0.461. The molecule has 1 aliphatic carbocycles. The van der Waals surface area contributed by atoms with Crippen LogP contribution in [0.4, 0.5) is 0 Å². The maximum Gasteiger partial charge on any atom is 0.00956 e. The van der Waals surface area contributed by atoms with Crippen molar-refractivity contribution in [2.45, 2.75) is 78.2 Å². The van der Waals surface area contributed by atoms with Crippen molar-refractivity contribution in [3.8, 4) is 0 Å². The molecule has 1 rings (SSSR count). The molecule has 0 aromatic heterocycles. The van der Waals surface area contributed by atoms with Crippen molar-refractivity contribution in [2.24, 2.45) is 17.1 Å². The first-order valence-electron chi connectivity index (χ1n) is 6.86. The number of hydrogen-bond donors (Lipinski definition) is 1. The monoisotopic (exact) mass is 211 g/mol. The van der Waals surface area contributed by atoms with Gasteiger partial charge in [0, 0.05) is 6.04 Å². The standard InChI is InChI=1S/C14H29N/c1-4-5-8-13(15)14(11-12(2)3)9-6-7-10-14/h12-13H,4-11,15H2,1-3H3. The minimum Gasteiger partial charge on any atom is -0.327 e. The van der Waals surface area contributed by atoms with Gasteiger partial charge in [0.25, 0.3) is 0 Å². The van der Waals surface area contributed by atoms with E-state index in [9.17, 15) is 0 Å². The highest BCUT2D eigenvalue weighted by molar-refractivity contribution is 4.93. The molecule has 1 aliphatic rings. The Morgan fingerprint density at radius 3 is 2.27 bits per heavy atom. The molecule has 1 unspecified atom stereocenters. The summed E-state index contributed by atoms with van der Waals surface area (Å²) in [5.41, 5.74) is 6.95. The molecular formula is C14H29N. The van der Waals surface area contributed by atoms with Crippen LogP contribution in [-0.4, -0.2) is 6.04 Å². The Morgan fingerprint density at radius 1 is 1.20 bits per heavy atom. The van der Waals surface area contributed by atoms with Crippen molar-refractivity contribution in [2.75, 3.05) is 0 Å². The van der Waals surface area contributed by atoms with Gasteiger partial charge in [0.15, 0.2) is 0 Å². The van der Waals surface area contributed by atoms with Crippen LogP contribution in [0.1, 0.15) is 72.1 Å². The number of nitrogens with two attached hydrogens (primary N) is 1. The summed E-state index contributed by atoms with van der Waals surface area (Å²) in [6, 6.07) is 0.461.